The first kappa shape index (κ1) is 12.4. The molecule has 0 N–H and O–H groups in total. The molecule has 6 rings (SSSR count). The van der Waals surface area contributed by atoms with Gasteiger partial charge in [0.05, 0.1) is 24.7 Å². The van der Waals surface area contributed by atoms with Crippen LogP contribution in [0.3, 0.4) is 0 Å². The predicted octanol–water partition coefficient (Wildman–Crippen LogP) is -0.326. The third kappa shape index (κ3) is 1.16. The van der Waals surface area contributed by atoms with Gasteiger partial charge in [-0.15, -0.1) is 0 Å². The lowest BCUT2D eigenvalue weighted by Gasteiger charge is -2.63. The Balaban J connectivity index is 1.50. The molecule has 0 radical (unpaired) electrons. The molecule has 6 fully saturated rings. The molecule has 0 spiro atoms. The smallest absolute Gasteiger partial charge is 0.264 e. The third-order valence-electron chi connectivity index (χ3n) is 6.53. The highest BCUT2D eigenvalue weighted by atomic mass is 32.2. The van der Waals surface area contributed by atoms with E-state index in [1.807, 2.05) is 0 Å². The minimum Gasteiger partial charge on any atom is -0.266 e. The van der Waals surface area contributed by atoms with E-state index in [0.717, 1.165) is 12.5 Å². The topological polar surface area (TPSA) is 86.7 Å². The molecule has 6 saturated carbocycles. The normalized spacial score (nSPS) is 60.7. The highest BCUT2D eigenvalue weighted by molar-refractivity contribution is 7.86. The van der Waals surface area contributed by atoms with E-state index in [4.69, 9.17) is 8.37 Å². The summed E-state index contributed by atoms with van der Waals surface area (Å²) < 4.78 is 56.4. The van der Waals surface area contributed by atoms with Gasteiger partial charge in [0.25, 0.3) is 20.2 Å². The molecule has 112 valence electrons. The van der Waals surface area contributed by atoms with Crippen LogP contribution in [0.5, 0.6) is 0 Å². The second-order valence-electron chi connectivity index (χ2n) is 7.15. The van der Waals surface area contributed by atoms with Crippen LogP contribution in [0, 0.1) is 47.3 Å². The molecule has 6 nitrogen and oxygen atoms in total. The van der Waals surface area contributed by atoms with Crippen LogP contribution in [0.4, 0.5) is 0 Å². The zero-order valence-electron chi connectivity index (χ0n) is 11.0. The van der Waals surface area contributed by atoms with Crippen LogP contribution in [0.1, 0.15) is 0 Å². The van der Waals surface area contributed by atoms with E-state index < -0.39 is 20.2 Å². The summed E-state index contributed by atoms with van der Waals surface area (Å²) in [6.45, 7) is 0. The molecule has 0 aromatic rings. The number of rotatable bonds is 4. The summed E-state index contributed by atoms with van der Waals surface area (Å²) in [6.07, 6.45) is 1.72. The summed E-state index contributed by atoms with van der Waals surface area (Å²) in [5, 5.41) is 0. The van der Waals surface area contributed by atoms with Crippen LogP contribution in [-0.4, -0.2) is 41.6 Å². The van der Waals surface area contributed by atoms with Crippen molar-refractivity contribution >= 4 is 20.2 Å². The molecule has 10 atom stereocenters. The number of hydrogen-bond donors (Lipinski definition) is 0. The Morgan fingerprint density at radius 2 is 0.800 bits per heavy atom. The van der Waals surface area contributed by atoms with Gasteiger partial charge < -0.3 is 0 Å². The summed E-state index contributed by atoms with van der Waals surface area (Å²) >= 11 is 0. The predicted molar refractivity (Wildman–Crippen MR) is 67.4 cm³/mol. The van der Waals surface area contributed by atoms with Gasteiger partial charge in [-0.2, -0.15) is 16.8 Å². The fourth-order valence-corrected chi connectivity index (χ4v) is 8.06. The highest BCUT2D eigenvalue weighted by Gasteiger charge is 2.90. The molecule has 0 amide bonds. The van der Waals surface area contributed by atoms with Crippen LogP contribution >= 0.6 is 0 Å². The first-order valence-corrected chi connectivity index (χ1v) is 10.6. The summed E-state index contributed by atoms with van der Waals surface area (Å²) in [5.41, 5.74) is 0. The van der Waals surface area contributed by atoms with E-state index in [1.54, 1.807) is 0 Å². The van der Waals surface area contributed by atoms with Crippen molar-refractivity contribution in [3.8, 4) is 0 Å². The summed E-state index contributed by atoms with van der Waals surface area (Å²) in [7, 11) is -6.92. The molecule has 0 aromatic carbocycles. The van der Waals surface area contributed by atoms with Crippen LogP contribution in [0.25, 0.3) is 0 Å². The average molecular weight is 320 g/mol. The van der Waals surface area contributed by atoms with Crippen molar-refractivity contribution in [3.05, 3.63) is 0 Å². The maximum atomic E-state index is 11.4. The lowest BCUT2D eigenvalue weighted by molar-refractivity contribution is -0.174. The highest BCUT2D eigenvalue weighted by Crippen LogP contribution is 2.89. The Labute approximate surface area is 118 Å². The van der Waals surface area contributed by atoms with Crippen molar-refractivity contribution in [2.45, 2.75) is 12.2 Å². The summed E-state index contributed by atoms with van der Waals surface area (Å²) in [4.78, 5) is 0. The van der Waals surface area contributed by atoms with Gasteiger partial charge in [-0.1, -0.05) is 0 Å². The Kier molecular flexibility index (Phi) is 1.93. The Bertz CT molecular complexity index is 650. The lowest BCUT2D eigenvalue weighted by Crippen LogP contribution is -2.61. The molecule has 6 aliphatic carbocycles. The molecular formula is C12H16O6S2. The Hall–Kier alpha value is -0.180. The van der Waals surface area contributed by atoms with Gasteiger partial charge >= 0.3 is 0 Å². The molecule has 4 bridgehead atoms. The maximum Gasteiger partial charge on any atom is 0.264 e. The lowest BCUT2D eigenvalue weighted by atomic mass is 9.41. The maximum absolute atomic E-state index is 11.4. The molecule has 0 aromatic heterocycles. The first-order chi connectivity index (χ1) is 9.19. The molecule has 0 saturated heterocycles. The minimum absolute atomic E-state index is 0.187. The van der Waals surface area contributed by atoms with E-state index in [1.165, 1.54) is 0 Å². The van der Waals surface area contributed by atoms with Crippen molar-refractivity contribution in [2.24, 2.45) is 47.3 Å². The average Bonchev–Trinajstić information content (AvgIpc) is 2.66. The van der Waals surface area contributed by atoms with E-state index in [9.17, 15) is 16.8 Å². The van der Waals surface area contributed by atoms with Crippen LogP contribution < -0.4 is 0 Å². The fraction of sp³-hybridized carbons (Fsp3) is 1.00. The van der Waals surface area contributed by atoms with Gasteiger partial charge in [-0.25, -0.2) is 0 Å². The fourth-order valence-electron chi connectivity index (χ4n) is 6.74. The van der Waals surface area contributed by atoms with E-state index in [0.29, 0.717) is 35.5 Å². The third-order valence-corrected chi connectivity index (χ3v) is 7.68. The summed E-state index contributed by atoms with van der Waals surface area (Å²) in [5.74, 6) is 2.99. The van der Waals surface area contributed by atoms with Gasteiger partial charge in [0.1, 0.15) is 0 Å². The monoisotopic (exact) mass is 320 g/mol. The quantitative estimate of drug-likeness (QED) is 0.660. The molecule has 20 heavy (non-hydrogen) atoms. The van der Waals surface area contributed by atoms with Gasteiger partial charge in [0, 0.05) is 0 Å². The van der Waals surface area contributed by atoms with Crippen molar-refractivity contribution in [2.75, 3.05) is 12.5 Å². The SMILES string of the molecule is CS(=O)(=O)O[C@@H]1[C@@H]2[C@@H]3[C@@H](OS(C)(=O)=O)[C@H]4[C@@H]2[C@@H]2[C@@H]1[C@@H]3[C@H]42. The standard InChI is InChI=1S/C12H16O6S2/c1-19(13,14)17-11-7-3-4-5(7)10-9(11)6(3)8(4)12(10)18-20(2,15)16/h3-12H,1-2H3/t3-,4-,5+,6+,7-,8-,9-,10+,11+,12+/m1/s1. The largest absolute Gasteiger partial charge is 0.266 e. The minimum atomic E-state index is -3.46. The Morgan fingerprint density at radius 3 is 1.10 bits per heavy atom. The second-order valence-corrected chi connectivity index (χ2v) is 10.4. The van der Waals surface area contributed by atoms with E-state index in [-0.39, 0.29) is 24.0 Å². The van der Waals surface area contributed by atoms with Gasteiger partial charge in [0.2, 0.25) is 0 Å². The zero-order chi connectivity index (χ0) is 14.2. The van der Waals surface area contributed by atoms with Crippen LogP contribution in [0.15, 0.2) is 0 Å². The first-order valence-electron chi connectivity index (χ1n) is 6.95. The molecule has 6 aliphatic rings. The molecule has 8 heteroatoms. The second kappa shape index (κ2) is 3.11. The van der Waals surface area contributed by atoms with Crippen molar-refractivity contribution in [3.63, 3.8) is 0 Å². The van der Waals surface area contributed by atoms with Gasteiger partial charge in [0.15, 0.2) is 0 Å². The number of hydrogen-bond acceptors (Lipinski definition) is 6. The van der Waals surface area contributed by atoms with Crippen molar-refractivity contribution in [1.29, 1.82) is 0 Å². The summed E-state index contributed by atoms with van der Waals surface area (Å²) in [6, 6.07) is 0. The van der Waals surface area contributed by atoms with Crippen molar-refractivity contribution in [1.82, 2.24) is 0 Å². The van der Waals surface area contributed by atoms with Crippen LogP contribution in [-0.2, 0) is 28.6 Å². The zero-order valence-corrected chi connectivity index (χ0v) is 12.7. The van der Waals surface area contributed by atoms with E-state index in [2.05, 4.69) is 0 Å². The van der Waals surface area contributed by atoms with Gasteiger partial charge in [-0.3, -0.25) is 8.37 Å². The molecule has 0 unspecified atom stereocenters. The molecule has 0 aliphatic heterocycles. The van der Waals surface area contributed by atoms with Crippen molar-refractivity contribution < 1.29 is 25.2 Å². The van der Waals surface area contributed by atoms with Crippen LogP contribution in [0.2, 0.25) is 0 Å². The molecular weight excluding hydrogens is 304 g/mol. The van der Waals surface area contributed by atoms with E-state index >= 15 is 0 Å². The Morgan fingerprint density at radius 1 is 0.550 bits per heavy atom. The molecule has 0 heterocycles. The van der Waals surface area contributed by atoms with Gasteiger partial charge in [-0.05, 0) is 47.3 Å².